The summed E-state index contributed by atoms with van der Waals surface area (Å²) in [4.78, 5) is 27.9. The molecule has 0 bridgehead atoms. The van der Waals surface area contributed by atoms with Crippen LogP contribution in [0.3, 0.4) is 0 Å². The number of aromatic nitrogens is 2. The molecule has 0 aliphatic carbocycles. The minimum atomic E-state index is -3.34. The van der Waals surface area contributed by atoms with Gasteiger partial charge in [0, 0.05) is 17.7 Å². The van der Waals surface area contributed by atoms with Crippen molar-refractivity contribution in [1.29, 1.82) is 0 Å². The monoisotopic (exact) mass is 571 g/mol. The fraction of sp³-hybridized carbons (Fsp3) is 0.296. The number of allylic oxidation sites excluding steroid dienone is 1. The van der Waals surface area contributed by atoms with E-state index >= 15 is 0 Å². The smallest absolute Gasteiger partial charge is 0.326 e. The minimum absolute atomic E-state index is 0.117. The molecule has 2 atom stereocenters. The number of hydrogen-bond donors (Lipinski definition) is 1. The van der Waals surface area contributed by atoms with Gasteiger partial charge < -0.3 is 10.0 Å². The van der Waals surface area contributed by atoms with Crippen molar-refractivity contribution < 1.29 is 23.1 Å². The van der Waals surface area contributed by atoms with Crippen molar-refractivity contribution in [1.82, 2.24) is 14.7 Å². The number of amides is 1. The summed E-state index contributed by atoms with van der Waals surface area (Å²) in [6.07, 6.45) is 5.78. The molecule has 0 radical (unpaired) electrons. The number of carboxylic acid groups (broad SMARTS) is 1. The van der Waals surface area contributed by atoms with Crippen LogP contribution in [0.2, 0.25) is 5.02 Å². The number of rotatable bonds is 6. The number of carboxylic acids is 1. The molecule has 1 saturated heterocycles. The van der Waals surface area contributed by atoms with E-state index in [4.69, 9.17) is 11.6 Å². The Balaban J connectivity index is 1.50. The van der Waals surface area contributed by atoms with Gasteiger partial charge in [0.1, 0.15) is 6.04 Å². The molecule has 2 aliphatic heterocycles. The van der Waals surface area contributed by atoms with Crippen molar-refractivity contribution >= 4 is 50.0 Å². The van der Waals surface area contributed by atoms with Crippen LogP contribution < -0.4 is 0 Å². The fourth-order valence-corrected chi connectivity index (χ4v) is 6.96. The number of benzene rings is 2. The van der Waals surface area contributed by atoms with Crippen molar-refractivity contribution in [3.05, 3.63) is 82.6 Å². The molecule has 3 aromatic rings. The largest absolute Gasteiger partial charge is 0.480 e. The highest BCUT2D eigenvalue weighted by molar-refractivity contribution is 8.08. The van der Waals surface area contributed by atoms with Crippen molar-refractivity contribution in [2.45, 2.75) is 41.9 Å². The van der Waals surface area contributed by atoms with Crippen molar-refractivity contribution in [2.75, 3.05) is 12.8 Å². The second kappa shape index (κ2) is 10.6. The van der Waals surface area contributed by atoms with Crippen molar-refractivity contribution in [3.8, 4) is 5.69 Å². The molecule has 0 spiro atoms. The molecule has 1 N–H and O–H groups in total. The molecular weight excluding hydrogens is 546 g/mol. The zero-order valence-corrected chi connectivity index (χ0v) is 23.0. The fourth-order valence-electron chi connectivity index (χ4n) is 4.83. The molecule has 2 aromatic carbocycles. The van der Waals surface area contributed by atoms with E-state index in [2.05, 4.69) is 5.10 Å². The number of nitrogens with zero attached hydrogens (tertiary/aromatic N) is 3. The van der Waals surface area contributed by atoms with Crippen LogP contribution in [0.25, 0.3) is 10.6 Å². The van der Waals surface area contributed by atoms with E-state index in [0.717, 1.165) is 29.0 Å². The van der Waals surface area contributed by atoms with E-state index in [0.29, 0.717) is 30.1 Å². The Hall–Kier alpha value is -3.08. The summed E-state index contributed by atoms with van der Waals surface area (Å²) >= 11 is 8.07. The van der Waals surface area contributed by atoms with E-state index in [1.807, 2.05) is 30.3 Å². The van der Waals surface area contributed by atoms with E-state index in [1.165, 1.54) is 11.2 Å². The van der Waals surface area contributed by atoms with Gasteiger partial charge in [-0.05, 0) is 61.6 Å². The molecule has 198 valence electrons. The van der Waals surface area contributed by atoms with Gasteiger partial charge in [-0.3, -0.25) is 4.79 Å². The molecule has 5 rings (SSSR count). The molecular formula is C27H26ClN3O5S2. The lowest BCUT2D eigenvalue weighted by Crippen LogP contribution is -2.48. The average molecular weight is 572 g/mol. The molecule has 1 amide bonds. The Labute approximate surface area is 230 Å². The SMILES string of the molecule is CS(=O)(=O)c1cccc(C2=CCC(c3cc(C(=O)N4CCCCC4C(=O)O)nn3-c3ccccc3Cl)S2)c1. The third-order valence-electron chi connectivity index (χ3n) is 6.75. The number of sulfone groups is 1. The molecule has 38 heavy (non-hydrogen) atoms. The number of carbonyl (C=O) groups is 2. The third kappa shape index (κ3) is 5.25. The number of likely N-dealkylation sites (tertiary alicyclic amines) is 1. The first-order valence-electron chi connectivity index (χ1n) is 12.2. The van der Waals surface area contributed by atoms with Gasteiger partial charge in [0.15, 0.2) is 15.5 Å². The predicted octanol–water partition coefficient (Wildman–Crippen LogP) is 5.23. The number of thioether (sulfide) groups is 1. The number of piperidine rings is 1. The first kappa shape index (κ1) is 26.5. The van der Waals surface area contributed by atoms with Gasteiger partial charge >= 0.3 is 5.97 Å². The number of halogens is 1. The van der Waals surface area contributed by atoms with Gasteiger partial charge in [0.05, 0.1) is 26.5 Å². The lowest BCUT2D eigenvalue weighted by atomic mass is 10.0. The zero-order chi connectivity index (χ0) is 27.0. The van der Waals surface area contributed by atoms with E-state index in [9.17, 15) is 23.1 Å². The van der Waals surface area contributed by atoms with Crippen LogP contribution in [0.1, 0.15) is 52.7 Å². The highest BCUT2D eigenvalue weighted by atomic mass is 35.5. The van der Waals surface area contributed by atoms with Crippen LogP contribution in [-0.4, -0.2) is 58.9 Å². The first-order chi connectivity index (χ1) is 18.1. The topological polar surface area (TPSA) is 110 Å². The highest BCUT2D eigenvalue weighted by Gasteiger charge is 2.35. The standard InChI is InChI=1S/C27H26ClN3O5S2/c1-38(35,36)18-8-6-7-17(15-18)24-12-13-25(37-24)23-16-20(29-31(23)21-10-3-2-9-19(21)28)26(32)30-14-5-4-11-22(30)27(33)34/h2-3,6-10,12,15-16,22,25H,4-5,11,13-14H2,1H3,(H,33,34). The summed E-state index contributed by atoms with van der Waals surface area (Å²) in [5.41, 5.74) is 2.34. The van der Waals surface area contributed by atoms with Crippen LogP contribution >= 0.6 is 23.4 Å². The Bertz CT molecular complexity index is 1550. The van der Waals surface area contributed by atoms with Crippen molar-refractivity contribution in [2.24, 2.45) is 0 Å². The number of hydrogen-bond acceptors (Lipinski definition) is 6. The van der Waals surface area contributed by atoms with E-state index < -0.39 is 27.8 Å². The van der Waals surface area contributed by atoms with Crippen molar-refractivity contribution in [3.63, 3.8) is 0 Å². The van der Waals surface area contributed by atoms with Crippen LogP contribution in [0.4, 0.5) is 0 Å². The zero-order valence-electron chi connectivity index (χ0n) is 20.6. The maximum Gasteiger partial charge on any atom is 0.326 e. The highest BCUT2D eigenvalue weighted by Crippen LogP contribution is 2.49. The molecule has 1 fully saturated rings. The van der Waals surface area contributed by atoms with Crippen LogP contribution in [0.5, 0.6) is 0 Å². The molecule has 11 heteroatoms. The van der Waals surface area contributed by atoms with Gasteiger partial charge in [0.25, 0.3) is 5.91 Å². The maximum absolute atomic E-state index is 13.5. The van der Waals surface area contributed by atoms with Gasteiger partial charge in [-0.2, -0.15) is 5.10 Å². The Morgan fingerprint density at radius 1 is 1.11 bits per heavy atom. The molecule has 0 saturated carbocycles. The summed E-state index contributed by atoms with van der Waals surface area (Å²) < 4.78 is 25.8. The average Bonchev–Trinajstić information content (AvgIpc) is 3.56. The summed E-state index contributed by atoms with van der Waals surface area (Å²) in [5, 5.41) is 14.7. The summed E-state index contributed by atoms with van der Waals surface area (Å²) in [6, 6.07) is 14.9. The summed E-state index contributed by atoms with van der Waals surface area (Å²) in [6.45, 7) is 0.366. The molecule has 1 aromatic heterocycles. The van der Waals surface area contributed by atoms with Gasteiger partial charge in [-0.25, -0.2) is 17.9 Å². The number of aliphatic carboxylic acids is 1. The molecule has 3 heterocycles. The predicted molar refractivity (Wildman–Crippen MR) is 147 cm³/mol. The lowest BCUT2D eigenvalue weighted by Gasteiger charge is -2.32. The second-order valence-corrected chi connectivity index (χ2v) is 13.0. The summed E-state index contributed by atoms with van der Waals surface area (Å²) in [7, 11) is -3.34. The Morgan fingerprint density at radius 3 is 2.63 bits per heavy atom. The van der Waals surface area contributed by atoms with Crippen LogP contribution in [-0.2, 0) is 14.6 Å². The second-order valence-electron chi connectivity index (χ2n) is 9.38. The van der Waals surface area contributed by atoms with Crippen LogP contribution in [0.15, 0.2) is 65.6 Å². The van der Waals surface area contributed by atoms with E-state index in [1.54, 1.807) is 46.8 Å². The minimum Gasteiger partial charge on any atom is -0.480 e. The lowest BCUT2D eigenvalue weighted by molar-refractivity contribution is -0.143. The first-order valence-corrected chi connectivity index (χ1v) is 15.3. The van der Waals surface area contributed by atoms with Gasteiger partial charge in [-0.15, -0.1) is 11.8 Å². The van der Waals surface area contributed by atoms with E-state index in [-0.39, 0.29) is 15.8 Å². The quantitative estimate of drug-likeness (QED) is 0.431. The maximum atomic E-state index is 13.5. The normalized spacial score (nSPS) is 19.8. The van der Waals surface area contributed by atoms with Crippen LogP contribution in [0, 0.1) is 0 Å². The Kier molecular flexibility index (Phi) is 7.39. The summed E-state index contributed by atoms with van der Waals surface area (Å²) in [5.74, 6) is -1.43. The Morgan fingerprint density at radius 2 is 1.89 bits per heavy atom. The molecule has 2 aliphatic rings. The third-order valence-corrected chi connectivity index (χ3v) is 9.55. The molecule has 2 unspecified atom stereocenters. The number of para-hydroxylation sites is 1. The van der Waals surface area contributed by atoms with Gasteiger partial charge in [0.2, 0.25) is 0 Å². The number of carbonyl (C=O) groups excluding carboxylic acids is 1. The molecule has 8 nitrogen and oxygen atoms in total. The van der Waals surface area contributed by atoms with Gasteiger partial charge in [-0.1, -0.05) is 41.9 Å².